The minimum absolute atomic E-state index is 0. The highest BCUT2D eigenvalue weighted by Crippen LogP contribution is 2.33. The van der Waals surface area contributed by atoms with Crippen molar-refractivity contribution in [1.29, 1.82) is 0 Å². The number of carbonyl (C=O) groups excluding carboxylic acids is 1. The first-order valence-electron chi connectivity index (χ1n) is 9.05. The lowest BCUT2D eigenvalue weighted by molar-refractivity contribution is -0.120. The maximum atomic E-state index is 12.8. The van der Waals surface area contributed by atoms with Crippen LogP contribution in [0.5, 0.6) is 0 Å². The third-order valence-electron chi connectivity index (χ3n) is 5.38. The molecule has 1 amide bonds. The lowest BCUT2D eigenvalue weighted by Crippen LogP contribution is -2.41. The van der Waals surface area contributed by atoms with Crippen LogP contribution < -0.4 is 11.1 Å². The number of nitrogens with one attached hydrogen (secondary N) is 1. The van der Waals surface area contributed by atoms with Gasteiger partial charge in [-0.3, -0.25) is 9.69 Å². The van der Waals surface area contributed by atoms with E-state index < -0.39 is 0 Å². The van der Waals surface area contributed by atoms with E-state index in [1.54, 1.807) is 6.07 Å². The first-order valence-corrected chi connectivity index (χ1v) is 9.43. The summed E-state index contributed by atoms with van der Waals surface area (Å²) in [5, 5.41) is 3.64. The van der Waals surface area contributed by atoms with Gasteiger partial charge in [-0.1, -0.05) is 48.0 Å². The number of benzene rings is 2. The van der Waals surface area contributed by atoms with Gasteiger partial charge in [-0.25, -0.2) is 0 Å². The van der Waals surface area contributed by atoms with E-state index >= 15 is 0 Å². The Labute approximate surface area is 172 Å². The van der Waals surface area contributed by atoms with Crippen LogP contribution >= 0.6 is 24.0 Å². The summed E-state index contributed by atoms with van der Waals surface area (Å²) in [6, 6.07) is 15.7. The summed E-state index contributed by atoms with van der Waals surface area (Å²) in [6.07, 6.45) is 0. The Bertz CT molecular complexity index is 769. The van der Waals surface area contributed by atoms with Gasteiger partial charge in [0.25, 0.3) is 0 Å². The minimum Gasteiger partial charge on any atom is -0.330 e. The number of likely N-dealkylation sites (tertiary alicyclic amines) is 1. The zero-order valence-electron chi connectivity index (χ0n) is 15.7. The van der Waals surface area contributed by atoms with Gasteiger partial charge in [0.2, 0.25) is 5.91 Å². The van der Waals surface area contributed by atoms with Gasteiger partial charge in [0.1, 0.15) is 0 Å². The maximum absolute atomic E-state index is 12.8. The van der Waals surface area contributed by atoms with Crippen molar-refractivity contribution in [2.45, 2.75) is 25.8 Å². The molecule has 0 spiro atoms. The van der Waals surface area contributed by atoms with E-state index in [2.05, 4.69) is 34.5 Å². The van der Waals surface area contributed by atoms with Crippen molar-refractivity contribution in [1.82, 2.24) is 4.90 Å². The van der Waals surface area contributed by atoms with Crippen molar-refractivity contribution >= 4 is 35.6 Å². The fraction of sp³-hybridized carbons (Fsp3) is 0.381. The molecule has 0 bridgehead atoms. The normalized spacial score (nSPS) is 20.7. The molecule has 2 aromatic carbocycles. The second-order valence-corrected chi connectivity index (χ2v) is 7.53. The molecule has 1 aliphatic heterocycles. The molecule has 3 rings (SSSR count). The van der Waals surface area contributed by atoms with Crippen LogP contribution in [-0.2, 0) is 4.79 Å². The van der Waals surface area contributed by atoms with Crippen LogP contribution in [0, 0.1) is 12.8 Å². The Hall–Kier alpha value is -1.59. The summed E-state index contributed by atoms with van der Waals surface area (Å²) in [5.41, 5.74) is 9.08. The molecule has 6 heteroatoms. The van der Waals surface area contributed by atoms with E-state index in [-0.39, 0.29) is 24.4 Å². The zero-order chi connectivity index (χ0) is 18.7. The minimum atomic E-state index is -0.226. The first-order chi connectivity index (χ1) is 12.5. The highest BCUT2D eigenvalue weighted by molar-refractivity contribution is 6.31. The average molecular weight is 408 g/mol. The van der Waals surface area contributed by atoms with Crippen LogP contribution in [-0.4, -0.2) is 36.5 Å². The lowest BCUT2D eigenvalue weighted by Gasteiger charge is -2.24. The van der Waals surface area contributed by atoms with Gasteiger partial charge in [-0.05, 0) is 49.6 Å². The second kappa shape index (κ2) is 9.56. The van der Waals surface area contributed by atoms with Crippen LogP contribution in [0.3, 0.4) is 0 Å². The molecule has 3 atom stereocenters. The van der Waals surface area contributed by atoms with Crippen molar-refractivity contribution in [2.24, 2.45) is 11.7 Å². The highest BCUT2D eigenvalue weighted by Gasteiger charge is 2.36. The smallest absolute Gasteiger partial charge is 0.241 e. The predicted octanol–water partition coefficient (Wildman–Crippen LogP) is 4.07. The third kappa shape index (κ3) is 5.02. The van der Waals surface area contributed by atoms with Crippen molar-refractivity contribution in [3.63, 3.8) is 0 Å². The summed E-state index contributed by atoms with van der Waals surface area (Å²) >= 11 is 6.06. The standard InChI is InChI=1S/C21H26ClN3O.ClH/c1-14-8-9-18(22)10-20(14)24-21(26)15(2)25-12-17(11-23)19(13-25)16-6-4-3-5-7-16;/h3-10,15,17,19H,11-13,23H2,1-2H3,(H,24,26);1H/t15?,17-,19+;/m1./s1. The molecule has 1 saturated heterocycles. The van der Waals surface area contributed by atoms with Gasteiger partial charge in [-0.2, -0.15) is 0 Å². The molecular weight excluding hydrogens is 381 g/mol. The number of amides is 1. The average Bonchev–Trinajstić information content (AvgIpc) is 3.09. The van der Waals surface area contributed by atoms with Crippen LogP contribution in [0.15, 0.2) is 48.5 Å². The summed E-state index contributed by atoms with van der Waals surface area (Å²) < 4.78 is 0. The molecule has 3 N–H and O–H groups in total. The molecule has 0 saturated carbocycles. The van der Waals surface area contributed by atoms with E-state index in [4.69, 9.17) is 17.3 Å². The third-order valence-corrected chi connectivity index (χ3v) is 5.62. The van der Waals surface area contributed by atoms with Crippen LogP contribution in [0.1, 0.15) is 24.0 Å². The van der Waals surface area contributed by atoms with E-state index in [1.807, 2.05) is 32.0 Å². The summed E-state index contributed by atoms with van der Waals surface area (Å²) in [5.74, 6) is 0.713. The lowest BCUT2D eigenvalue weighted by atomic mass is 9.89. The molecule has 0 aromatic heterocycles. The van der Waals surface area contributed by atoms with Gasteiger partial charge < -0.3 is 11.1 Å². The van der Waals surface area contributed by atoms with Gasteiger partial charge in [0.15, 0.2) is 0 Å². The number of nitrogens with two attached hydrogens (primary N) is 1. The Morgan fingerprint density at radius 1 is 1.26 bits per heavy atom. The molecule has 2 aromatic rings. The van der Waals surface area contributed by atoms with E-state index in [1.165, 1.54) is 5.56 Å². The molecule has 1 unspecified atom stereocenters. The molecule has 1 fully saturated rings. The Balaban J connectivity index is 0.00000261. The summed E-state index contributed by atoms with van der Waals surface area (Å²) in [7, 11) is 0. The number of rotatable bonds is 5. The van der Waals surface area contributed by atoms with Crippen molar-refractivity contribution < 1.29 is 4.79 Å². The largest absolute Gasteiger partial charge is 0.330 e. The molecule has 0 aliphatic carbocycles. The van der Waals surface area contributed by atoms with E-state index in [0.29, 0.717) is 23.4 Å². The molecule has 27 heavy (non-hydrogen) atoms. The van der Waals surface area contributed by atoms with Crippen molar-refractivity contribution in [3.8, 4) is 0 Å². The Kier molecular flexibility index (Phi) is 7.68. The topological polar surface area (TPSA) is 58.4 Å². The number of nitrogens with zero attached hydrogens (tertiary/aromatic N) is 1. The highest BCUT2D eigenvalue weighted by atomic mass is 35.5. The van der Waals surface area contributed by atoms with Crippen LogP contribution in [0.4, 0.5) is 5.69 Å². The van der Waals surface area contributed by atoms with E-state index in [0.717, 1.165) is 24.3 Å². The fourth-order valence-electron chi connectivity index (χ4n) is 3.67. The number of halogens is 2. The molecular formula is C21H27Cl2N3O. The SMILES string of the molecule is Cc1ccc(Cl)cc1NC(=O)C(C)N1C[C@@H](CN)[C@H](c2ccccc2)C1.Cl. The zero-order valence-corrected chi connectivity index (χ0v) is 17.3. The number of anilines is 1. The van der Waals surface area contributed by atoms with Gasteiger partial charge >= 0.3 is 0 Å². The predicted molar refractivity (Wildman–Crippen MR) is 115 cm³/mol. The molecule has 4 nitrogen and oxygen atoms in total. The number of hydrogen-bond acceptors (Lipinski definition) is 3. The maximum Gasteiger partial charge on any atom is 0.241 e. The quantitative estimate of drug-likeness (QED) is 0.784. The Morgan fingerprint density at radius 2 is 1.96 bits per heavy atom. The number of aryl methyl sites for hydroxylation is 1. The van der Waals surface area contributed by atoms with Gasteiger partial charge in [0, 0.05) is 29.7 Å². The first kappa shape index (κ1) is 21.7. The fourth-order valence-corrected chi connectivity index (χ4v) is 3.84. The number of hydrogen-bond donors (Lipinski definition) is 2. The summed E-state index contributed by atoms with van der Waals surface area (Å²) in [6.45, 7) is 6.21. The molecule has 1 heterocycles. The van der Waals surface area contributed by atoms with Gasteiger partial charge in [0.05, 0.1) is 6.04 Å². The van der Waals surface area contributed by atoms with Crippen LogP contribution in [0.25, 0.3) is 0 Å². The monoisotopic (exact) mass is 407 g/mol. The van der Waals surface area contributed by atoms with Crippen molar-refractivity contribution in [2.75, 3.05) is 25.0 Å². The second-order valence-electron chi connectivity index (χ2n) is 7.09. The molecule has 1 aliphatic rings. The molecule has 146 valence electrons. The van der Waals surface area contributed by atoms with E-state index in [9.17, 15) is 4.79 Å². The van der Waals surface area contributed by atoms with Crippen molar-refractivity contribution in [3.05, 3.63) is 64.7 Å². The van der Waals surface area contributed by atoms with Crippen LogP contribution in [0.2, 0.25) is 5.02 Å². The number of carbonyl (C=O) groups is 1. The Morgan fingerprint density at radius 3 is 2.63 bits per heavy atom. The molecule has 0 radical (unpaired) electrons. The van der Waals surface area contributed by atoms with Gasteiger partial charge in [-0.15, -0.1) is 12.4 Å². The summed E-state index contributed by atoms with van der Waals surface area (Å²) in [4.78, 5) is 15.0.